The monoisotopic (exact) mass is 547 g/mol. The van der Waals surface area contributed by atoms with Crippen LogP contribution >= 0.6 is 10.2 Å². The molecule has 0 saturated carbocycles. The summed E-state index contributed by atoms with van der Waals surface area (Å²) in [6.45, 7) is -0.937. The lowest BCUT2D eigenvalue weighted by Crippen LogP contribution is -2.41. The Labute approximate surface area is 189 Å². The zero-order valence-corrected chi connectivity index (χ0v) is 17.7. The van der Waals surface area contributed by atoms with E-state index in [1.165, 1.54) is 0 Å². The van der Waals surface area contributed by atoms with E-state index in [4.69, 9.17) is 0 Å². The van der Waals surface area contributed by atoms with Crippen LogP contribution < -0.4 is 4.74 Å². The molecule has 0 saturated heterocycles. The van der Waals surface area contributed by atoms with Gasteiger partial charge in [-0.3, -0.25) is 0 Å². The molecule has 0 spiro atoms. The number of esters is 1. The van der Waals surface area contributed by atoms with Crippen LogP contribution in [0.15, 0.2) is 28.7 Å². The van der Waals surface area contributed by atoms with Crippen LogP contribution in [0.1, 0.15) is 12.5 Å². The average molecular weight is 547 g/mol. The molecule has 35 heavy (non-hydrogen) atoms. The lowest BCUT2D eigenvalue weighted by atomic mass is 10.0. The molecule has 0 bridgehead atoms. The van der Waals surface area contributed by atoms with Crippen LogP contribution in [-0.4, -0.2) is 49.0 Å². The topological polar surface area (TPSA) is 123 Å². The molecule has 2 rings (SSSR count). The molecule has 10 nitrogen and oxygen atoms in total. The highest BCUT2D eigenvalue weighted by molar-refractivity contribution is 8.45. The molecule has 0 amide bonds. The summed E-state index contributed by atoms with van der Waals surface area (Å²) in [5.74, 6) is -2.76. The summed E-state index contributed by atoms with van der Waals surface area (Å²) in [4.78, 5) is 35.0. The van der Waals surface area contributed by atoms with Gasteiger partial charge in [-0.25, -0.2) is 9.59 Å². The Morgan fingerprint density at radius 1 is 1.17 bits per heavy atom. The SMILES string of the molecule is C[C@@H](CO[N+](=O)[O-])OC(=O)OCOC(=O)C1=Cc2cc(S(F)(F)(F)(F)F)ccc2O[C@@H]1C(F)(F)F. The van der Waals surface area contributed by atoms with Gasteiger partial charge in [-0.1, -0.05) is 19.4 Å². The zero-order valence-electron chi connectivity index (χ0n) is 16.9. The molecule has 1 aromatic carbocycles. The normalized spacial score (nSPS) is 18.4. The minimum Gasteiger partial charge on any atom is -0.475 e. The fraction of sp³-hybridized carbons (Fsp3) is 0.375. The number of fused-ring (bicyclic) bond motifs is 1. The Balaban J connectivity index is 2.18. The number of ether oxygens (including phenoxy) is 4. The molecule has 2 atom stereocenters. The highest BCUT2D eigenvalue weighted by atomic mass is 32.5. The third-order valence-electron chi connectivity index (χ3n) is 3.88. The van der Waals surface area contributed by atoms with Gasteiger partial charge in [0.1, 0.15) is 23.4 Å². The first-order valence-electron chi connectivity index (χ1n) is 8.78. The van der Waals surface area contributed by atoms with Gasteiger partial charge in [0.05, 0.1) is 5.57 Å². The number of hydrogen-bond acceptors (Lipinski definition) is 9. The van der Waals surface area contributed by atoms with Crippen molar-refractivity contribution < 1.29 is 71.1 Å². The summed E-state index contributed by atoms with van der Waals surface area (Å²) in [6, 6.07) is -0.121. The molecule has 1 aromatic rings. The summed E-state index contributed by atoms with van der Waals surface area (Å²) in [7, 11) is -10.2. The van der Waals surface area contributed by atoms with E-state index in [1.54, 1.807) is 0 Å². The fourth-order valence-electron chi connectivity index (χ4n) is 2.44. The number of hydrogen-bond donors (Lipinski definition) is 0. The van der Waals surface area contributed by atoms with E-state index in [-0.39, 0.29) is 24.3 Å². The number of carbonyl (C=O) groups is 2. The van der Waals surface area contributed by atoms with Crippen LogP contribution in [-0.2, 0) is 23.8 Å². The molecule has 0 unspecified atom stereocenters. The Morgan fingerprint density at radius 2 is 1.80 bits per heavy atom. The quantitative estimate of drug-likeness (QED) is 0.140. The number of carbonyl (C=O) groups excluding carboxylic acids is 2. The minimum absolute atomic E-state index is 0.165. The maximum atomic E-state index is 13.3. The van der Waals surface area contributed by atoms with Crippen molar-refractivity contribution in [2.45, 2.75) is 30.2 Å². The van der Waals surface area contributed by atoms with E-state index >= 15 is 0 Å². The Morgan fingerprint density at radius 3 is 2.34 bits per heavy atom. The van der Waals surface area contributed by atoms with Crippen LogP contribution in [0.5, 0.6) is 5.75 Å². The summed E-state index contributed by atoms with van der Waals surface area (Å²) < 4.78 is 123. The molecule has 0 fully saturated rings. The van der Waals surface area contributed by atoms with Crippen molar-refractivity contribution in [1.29, 1.82) is 0 Å². The van der Waals surface area contributed by atoms with Crippen molar-refractivity contribution in [1.82, 2.24) is 0 Å². The molecule has 1 aliphatic rings. The van der Waals surface area contributed by atoms with Gasteiger partial charge in [0.25, 0.3) is 5.09 Å². The first kappa shape index (κ1) is 27.7. The predicted octanol–water partition coefficient (Wildman–Crippen LogP) is 5.30. The number of nitrogens with zero attached hydrogens (tertiary/aromatic N) is 1. The molecule has 0 aromatic heterocycles. The van der Waals surface area contributed by atoms with Crippen molar-refractivity contribution in [3.8, 4) is 5.75 Å². The van der Waals surface area contributed by atoms with Gasteiger partial charge in [0.2, 0.25) is 12.9 Å². The predicted molar refractivity (Wildman–Crippen MR) is 97.2 cm³/mol. The second-order valence-electron chi connectivity index (χ2n) is 6.70. The molecular formula is C16H13F8NO9S. The third-order valence-corrected chi connectivity index (χ3v) is 5.02. The number of benzene rings is 1. The molecular weight excluding hydrogens is 534 g/mol. The maximum Gasteiger partial charge on any atom is 0.511 e. The van der Waals surface area contributed by atoms with Crippen molar-refractivity contribution in [2.75, 3.05) is 13.4 Å². The Kier molecular flexibility index (Phi) is 6.82. The van der Waals surface area contributed by atoms with E-state index in [0.717, 1.165) is 6.92 Å². The van der Waals surface area contributed by atoms with Gasteiger partial charge in [0, 0.05) is 5.56 Å². The first-order chi connectivity index (χ1) is 15.7. The minimum atomic E-state index is -10.2. The number of alkyl halides is 3. The summed E-state index contributed by atoms with van der Waals surface area (Å²) in [5, 5.41) is 8.84. The Hall–Kier alpha value is -3.51. The zero-order chi connectivity index (χ0) is 26.9. The van der Waals surface area contributed by atoms with Crippen LogP contribution in [0.25, 0.3) is 6.08 Å². The van der Waals surface area contributed by atoms with Crippen molar-refractivity contribution in [2.24, 2.45) is 0 Å². The lowest BCUT2D eigenvalue weighted by Gasteiger charge is -2.41. The van der Waals surface area contributed by atoms with Gasteiger partial charge < -0.3 is 23.8 Å². The summed E-state index contributed by atoms with van der Waals surface area (Å²) in [5.41, 5.74) is -2.36. The molecule has 0 N–H and O–H groups in total. The van der Waals surface area contributed by atoms with Gasteiger partial charge in [-0.2, -0.15) is 13.2 Å². The van der Waals surface area contributed by atoms with E-state index in [2.05, 4.69) is 23.8 Å². The van der Waals surface area contributed by atoms with Gasteiger partial charge in [-0.05, 0) is 31.2 Å². The smallest absolute Gasteiger partial charge is 0.475 e. The standard InChI is InChI=1S/C16H13F8NO9S/c1-8(6-32-25(28)29)33-15(27)31-7-30-14(26)11-5-9-4-10(35(20,21,22,23)24)2-3-12(9)34-13(11)16(17,18)19/h2-5,8,13H,6-7H2,1H3/t8-,13-/m0/s1. The lowest BCUT2D eigenvalue weighted by molar-refractivity contribution is -0.759. The van der Waals surface area contributed by atoms with Crippen LogP contribution in [0.2, 0.25) is 0 Å². The molecule has 0 radical (unpaired) electrons. The van der Waals surface area contributed by atoms with Crippen LogP contribution in [0.4, 0.5) is 37.4 Å². The van der Waals surface area contributed by atoms with Crippen LogP contribution in [0, 0.1) is 10.1 Å². The van der Waals surface area contributed by atoms with Gasteiger partial charge in [-0.15, -0.1) is 10.1 Å². The Bertz CT molecular complexity index is 1060. The fourth-order valence-corrected chi connectivity index (χ4v) is 3.12. The molecule has 1 aliphatic heterocycles. The maximum absolute atomic E-state index is 13.3. The van der Waals surface area contributed by atoms with Crippen molar-refractivity contribution >= 4 is 28.4 Å². The highest BCUT2D eigenvalue weighted by Gasteiger charge is 2.65. The second-order valence-corrected chi connectivity index (χ2v) is 9.11. The van der Waals surface area contributed by atoms with E-state index in [0.29, 0.717) is 0 Å². The van der Waals surface area contributed by atoms with Crippen LogP contribution in [0.3, 0.4) is 0 Å². The number of rotatable bonds is 8. The van der Waals surface area contributed by atoms with Crippen molar-refractivity contribution in [3.05, 3.63) is 39.4 Å². The van der Waals surface area contributed by atoms with E-state index in [1.807, 2.05) is 0 Å². The van der Waals surface area contributed by atoms with Gasteiger partial charge >= 0.3 is 28.5 Å². The van der Waals surface area contributed by atoms with E-state index in [9.17, 15) is 52.3 Å². The third kappa shape index (κ3) is 7.76. The second kappa shape index (κ2) is 8.61. The van der Waals surface area contributed by atoms with E-state index < -0.39 is 81.0 Å². The van der Waals surface area contributed by atoms with Crippen molar-refractivity contribution in [3.63, 3.8) is 0 Å². The molecule has 1 heterocycles. The largest absolute Gasteiger partial charge is 0.511 e. The summed E-state index contributed by atoms with van der Waals surface area (Å²) in [6.07, 6.45) is -11.0. The molecule has 198 valence electrons. The number of halogens is 8. The first-order valence-corrected chi connectivity index (χ1v) is 10.7. The highest BCUT2D eigenvalue weighted by Crippen LogP contribution is 3.02. The average Bonchev–Trinajstić information content (AvgIpc) is 2.68. The molecule has 0 aliphatic carbocycles. The summed E-state index contributed by atoms with van der Waals surface area (Å²) >= 11 is 0. The molecule has 19 heteroatoms. The van der Waals surface area contributed by atoms with Gasteiger partial charge in [0.15, 0.2) is 0 Å².